The van der Waals surface area contributed by atoms with Crippen molar-refractivity contribution in [1.29, 1.82) is 0 Å². The van der Waals surface area contributed by atoms with Crippen molar-refractivity contribution in [3.8, 4) is 0 Å². The molecule has 3 aromatic rings. The first-order valence-electron chi connectivity index (χ1n) is 11.6. The van der Waals surface area contributed by atoms with Crippen LogP contribution in [0.15, 0.2) is 60.8 Å². The van der Waals surface area contributed by atoms with Crippen molar-refractivity contribution in [2.24, 2.45) is 0 Å². The van der Waals surface area contributed by atoms with Crippen LogP contribution in [0.3, 0.4) is 0 Å². The Bertz CT molecular complexity index is 1180. The predicted molar refractivity (Wildman–Crippen MR) is 126 cm³/mol. The molecule has 0 radical (unpaired) electrons. The topological polar surface area (TPSA) is 94.3 Å². The molecule has 2 fully saturated rings. The quantitative estimate of drug-likeness (QED) is 0.485. The van der Waals surface area contributed by atoms with Gasteiger partial charge in [-0.1, -0.05) is 61.4 Å². The summed E-state index contributed by atoms with van der Waals surface area (Å²) in [5, 5.41) is 7.02. The molecule has 1 aromatic heterocycles. The minimum absolute atomic E-state index is 0.0234. The summed E-state index contributed by atoms with van der Waals surface area (Å²) in [5.74, 6) is -0.382. The van der Waals surface area contributed by atoms with Crippen LogP contribution >= 0.6 is 0 Å². The van der Waals surface area contributed by atoms with E-state index in [-0.39, 0.29) is 36.7 Å². The van der Waals surface area contributed by atoms with E-state index < -0.39 is 5.54 Å². The SMILES string of the molecule is O=C(CCN1C(=O)NC2(CCCC2)C1=O)NCC(c1ccccc1)c1c[nH]c2ccccc12. The van der Waals surface area contributed by atoms with Gasteiger partial charge in [-0.15, -0.1) is 0 Å². The van der Waals surface area contributed by atoms with E-state index in [0.717, 1.165) is 34.9 Å². The van der Waals surface area contributed by atoms with Crippen molar-refractivity contribution in [2.45, 2.75) is 43.6 Å². The van der Waals surface area contributed by atoms with Gasteiger partial charge in [-0.2, -0.15) is 0 Å². The molecule has 3 N–H and O–H groups in total. The van der Waals surface area contributed by atoms with E-state index in [9.17, 15) is 14.4 Å². The van der Waals surface area contributed by atoms with E-state index in [1.807, 2.05) is 42.6 Å². The lowest BCUT2D eigenvalue weighted by molar-refractivity contribution is -0.131. The molecule has 170 valence electrons. The maximum atomic E-state index is 12.8. The fourth-order valence-corrected chi connectivity index (χ4v) is 5.19. The van der Waals surface area contributed by atoms with Gasteiger partial charge in [0.2, 0.25) is 5.91 Å². The minimum atomic E-state index is -0.735. The molecule has 7 heteroatoms. The second-order valence-corrected chi connectivity index (χ2v) is 8.98. The summed E-state index contributed by atoms with van der Waals surface area (Å²) in [6.07, 6.45) is 5.34. The Balaban J connectivity index is 1.26. The maximum Gasteiger partial charge on any atom is 0.325 e. The molecule has 1 saturated heterocycles. The van der Waals surface area contributed by atoms with E-state index in [4.69, 9.17) is 0 Å². The summed E-state index contributed by atoms with van der Waals surface area (Å²) in [6, 6.07) is 17.8. The summed E-state index contributed by atoms with van der Waals surface area (Å²) in [6.45, 7) is 0.524. The van der Waals surface area contributed by atoms with Crippen molar-refractivity contribution < 1.29 is 14.4 Å². The molecule has 7 nitrogen and oxygen atoms in total. The summed E-state index contributed by atoms with van der Waals surface area (Å²) in [7, 11) is 0. The Morgan fingerprint density at radius 1 is 1.03 bits per heavy atom. The number of urea groups is 1. The number of carbonyl (C=O) groups excluding carboxylic acids is 3. The Kier molecular flexibility index (Phi) is 5.62. The number of para-hydroxylation sites is 1. The molecule has 4 amide bonds. The molecule has 2 heterocycles. The Morgan fingerprint density at radius 2 is 1.76 bits per heavy atom. The van der Waals surface area contributed by atoms with Gasteiger partial charge in [0.1, 0.15) is 5.54 Å². The first-order valence-corrected chi connectivity index (χ1v) is 11.6. The average Bonchev–Trinajstić information content (AvgIpc) is 3.53. The van der Waals surface area contributed by atoms with Gasteiger partial charge in [0.25, 0.3) is 5.91 Å². The fourth-order valence-electron chi connectivity index (χ4n) is 5.19. The van der Waals surface area contributed by atoms with Crippen molar-refractivity contribution in [1.82, 2.24) is 20.5 Å². The van der Waals surface area contributed by atoms with Crippen LogP contribution in [0.1, 0.15) is 49.1 Å². The second kappa shape index (κ2) is 8.73. The number of hydrogen-bond acceptors (Lipinski definition) is 3. The van der Waals surface area contributed by atoms with Crippen LogP contribution in [0.4, 0.5) is 4.79 Å². The normalized spacial score (nSPS) is 18.1. The van der Waals surface area contributed by atoms with Crippen LogP contribution in [0.2, 0.25) is 0 Å². The standard InChI is InChI=1S/C26H28N4O3/c31-23(12-15-30-24(32)26(29-25(30)33)13-6-7-14-26)28-16-20(18-8-2-1-3-9-18)21-17-27-22-11-5-4-10-19(21)22/h1-5,8-11,17,20,27H,6-7,12-16H2,(H,28,31)(H,29,33). The monoisotopic (exact) mass is 444 g/mol. The lowest BCUT2D eigenvalue weighted by atomic mass is 9.91. The van der Waals surface area contributed by atoms with Gasteiger partial charge in [0.05, 0.1) is 0 Å². The molecule has 1 atom stereocenters. The molecular formula is C26H28N4O3. The van der Waals surface area contributed by atoms with Gasteiger partial charge in [-0.3, -0.25) is 14.5 Å². The molecule has 0 bridgehead atoms. The highest BCUT2D eigenvalue weighted by Crippen LogP contribution is 2.35. The van der Waals surface area contributed by atoms with Gasteiger partial charge < -0.3 is 15.6 Å². The van der Waals surface area contributed by atoms with Crippen LogP contribution in [0.5, 0.6) is 0 Å². The smallest absolute Gasteiger partial charge is 0.325 e. The first kappa shape index (κ1) is 21.2. The Labute approximate surface area is 192 Å². The highest BCUT2D eigenvalue weighted by Gasteiger charge is 2.52. The highest BCUT2D eigenvalue weighted by atomic mass is 16.2. The zero-order chi connectivity index (χ0) is 22.8. The second-order valence-electron chi connectivity index (χ2n) is 8.98. The number of amides is 4. The van der Waals surface area contributed by atoms with Gasteiger partial charge in [0, 0.05) is 42.5 Å². The van der Waals surface area contributed by atoms with Crippen LogP contribution in [0, 0.1) is 0 Å². The zero-order valence-electron chi connectivity index (χ0n) is 18.5. The third kappa shape index (κ3) is 3.99. The number of benzene rings is 2. The van der Waals surface area contributed by atoms with Crippen LogP contribution < -0.4 is 10.6 Å². The number of H-pyrrole nitrogens is 1. The van der Waals surface area contributed by atoms with Crippen molar-refractivity contribution >= 4 is 28.7 Å². The van der Waals surface area contributed by atoms with Gasteiger partial charge in [-0.25, -0.2) is 4.79 Å². The molecule has 33 heavy (non-hydrogen) atoms. The Morgan fingerprint density at radius 3 is 2.55 bits per heavy atom. The van der Waals surface area contributed by atoms with E-state index in [2.05, 4.69) is 33.8 Å². The lowest BCUT2D eigenvalue weighted by Gasteiger charge is -2.20. The number of carbonyl (C=O) groups is 3. The largest absolute Gasteiger partial charge is 0.361 e. The summed E-state index contributed by atoms with van der Waals surface area (Å²) < 4.78 is 0. The molecule has 2 aromatic carbocycles. The van der Waals surface area contributed by atoms with Crippen molar-refractivity contribution in [2.75, 3.05) is 13.1 Å². The maximum absolute atomic E-state index is 12.8. The van der Waals surface area contributed by atoms with Crippen LogP contribution in [-0.4, -0.2) is 46.4 Å². The fraction of sp³-hybridized carbons (Fsp3) is 0.346. The number of nitrogens with one attached hydrogen (secondary N) is 3. The van der Waals surface area contributed by atoms with Crippen molar-refractivity contribution in [3.63, 3.8) is 0 Å². The van der Waals surface area contributed by atoms with Gasteiger partial charge in [-0.05, 0) is 30.0 Å². The van der Waals surface area contributed by atoms with Crippen molar-refractivity contribution in [3.05, 3.63) is 71.9 Å². The number of fused-ring (bicyclic) bond motifs is 1. The van der Waals surface area contributed by atoms with E-state index in [0.29, 0.717) is 19.4 Å². The molecule has 1 unspecified atom stereocenters. The van der Waals surface area contributed by atoms with Gasteiger partial charge >= 0.3 is 6.03 Å². The van der Waals surface area contributed by atoms with E-state index in [1.165, 1.54) is 4.90 Å². The zero-order valence-corrected chi connectivity index (χ0v) is 18.5. The number of rotatable bonds is 7. The summed E-state index contributed by atoms with van der Waals surface area (Å²) in [4.78, 5) is 42.4. The lowest BCUT2D eigenvalue weighted by Crippen LogP contribution is -2.44. The molecule has 1 aliphatic carbocycles. The third-order valence-corrected chi connectivity index (χ3v) is 6.97. The minimum Gasteiger partial charge on any atom is -0.361 e. The summed E-state index contributed by atoms with van der Waals surface area (Å²) in [5.41, 5.74) is 2.55. The van der Waals surface area contributed by atoms with Crippen LogP contribution in [-0.2, 0) is 9.59 Å². The van der Waals surface area contributed by atoms with E-state index in [1.54, 1.807) is 0 Å². The molecule has 1 spiro atoms. The summed E-state index contributed by atoms with van der Waals surface area (Å²) >= 11 is 0. The highest BCUT2D eigenvalue weighted by molar-refractivity contribution is 6.07. The molecule has 1 aliphatic heterocycles. The average molecular weight is 445 g/mol. The molecular weight excluding hydrogens is 416 g/mol. The van der Waals surface area contributed by atoms with Gasteiger partial charge in [0.15, 0.2) is 0 Å². The number of aromatic nitrogens is 1. The van der Waals surface area contributed by atoms with E-state index >= 15 is 0 Å². The number of nitrogens with zero attached hydrogens (tertiary/aromatic N) is 1. The Hall–Kier alpha value is -3.61. The molecule has 2 aliphatic rings. The first-order chi connectivity index (χ1) is 16.1. The van der Waals surface area contributed by atoms with Crippen LogP contribution in [0.25, 0.3) is 10.9 Å². The third-order valence-electron chi connectivity index (χ3n) is 6.97. The number of imide groups is 1. The number of hydrogen-bond donors (Lipinski definition) is 3. The predicted octanol–water partition coefficient (Wildman–Crippen LogP) is 3.67. The molecule has 1 saturated carbocycles. The number of aromatic amines is 1. The molecule has 5 rings (SSSR count).